The van der Waals surface area contributed by atoms with E-state index in [1.165, 1.54) is 4.68 Å². The summed E-state index contributed by atoms with van der Waals surface area (Å²) in [5.74, 6) is -0.459. The summed E-state index contributed by atoms with van der Waals surface area (Å²) >= 11 is 6.30. The van der Waals surface area contributed by atoms with Crippen LogP contribution in [-0.2, 0) is 30.4 Å². The molecule has 3 aromatic rings. The molecule has 0 saturated carbocycles. The Morgan fingerprint density at radius 2 is 1.90 bits per heavy atom. The number of nitrogens with one attached hydrogen (secondary N) is 1. The molecule has 0 radical (unpaired) electrons. The Morgan fingerprint density at radius 1 is 1.17 bits per heavy atom. The molecular formula is C20H18ClF3N4O. The van der Waals surface area contributed by atoms with Crippen LogP contribution in [0.15, 0.2) is 42.7 Å². The van der Waals surface area contributed by atoms with E-state index in [1.807, 2.05) is 29.1 Å². The summed E-state index contributed by atoms with van der Waals surface area (Å²) in [7, 11) is 0. The Kier molecular flexibility index (Phi) is 5.12. The third kappa shape index (κ3) is 4.03. The van der Waals surface area contributed by atoms with Crippen LogP contribution in [0.25, 0.3) is 5.69 Å². The second kappa shape index (κ2) is 7.59. The third-order valence-electron chi connectivity index (χ3n) is 4.93. The maximum Gasteiger partial charge on any atom is 0.435 e. The van der Waals surface area contributed by atoms with Crippen molar-refractivity contribution < 1.29 is 18.0 Å². The summed E-state index contributed by atoms with van der Waals surface area (Å²) in [6, 6.07) is 8.79. The van der Waals surface area contributed by atoms with Crippen LogP contribution in [-0.4, -0.2) is 20.3 Å². The first-order valence-electron chi connectivity index (χ1n) is 9.21. The number of halogens is 4. The molecule has 5 nitrogen and oxygen atoms in total. The van der Waals surface area contributed by atoms with E-state index in [4.69, 9.17) is 11.6 Å². The van der Waals surface area contributed by atoms with E-state index >= 15 is 0 Å². The molecule has 29 heavy (non-hydrogen) atoms. The smallest absolute Gasteiger partial charge is 0.324 e. The lowest BCUT2D eigenvalue weighted by molar-refractivity contribution is -0.142. The van der Waals surface area contributed by atoms with Crippen LogP contribution >= 0.6 is 11.6 Å². The maximum atomic E-state index is 13.3. The molecule has 1 N–H and O–H groups in total. The van der Waals surface area contributed by atoms with Gasteiger partial charge in [0.25, 0.3) is 0 Å². The number of hydrogen-bond acceptors (Lipinski definition) is 2. The number of anilines is 1. The summed E-state index contributed by atoms with van der Waals surface area (Å²) < 4.78 is 42.9. The highest BCUT2D eigenvalue weighted by Gasteiger charge is 2.39. The lowest BCUT2D eigenvalue weighted by Crippen LogP contribution is -2.22. The molecular weight excluding hydrogens is 405 g/mol. The number of benzene rings is 1. The number of carbonyl (C=O) groups is 1. The van der Waals surface area contributed by atoms with E-state index in [0.29, 0.717) is 35.7 Å². The van der Waals surface area contributed by atoms with E-state index < -0.39 is 17.8 Å². The van der Waals surface area contributed by atoms with E-state index in [-0.39, 0.29) is 12.1 Å². The van der Waals surface area contributed by atoms with E-state index in [9.17, 15) is 18.0 Å². The number of aromatic nitrogens is 3. The van der Waals surface area contributed by atoms with Crippen LogP contribution in [0.2, 0.25) is 5.02 Å². The van der Waals surface area contributed by atoms with Gasteiger partial charge in [-0.3, -0.25) is 9.48 Å². The van der Waals surface area contributed by atoms with Crippen LogP contribution < -0.4 is 5.32 Å². The Hall–Kier alpha value is -2.74. The number of hydrogen-bond donors (Lipinski definition) is 1. The van der Waals surface area contributed by atoms with Crippen LogP contribution in [0.1, 0.15) is 29.8 Å². The van der Waals surface area contributed by atoms with Crippen molar-refractivity contribution in [2.75, 3.05) is 5.32 Å². The normalized spacial score (nSPS) is 13.9. The van der Waals surface area contributed by atoms with Crippen molar-refractivity contribution in [1.82, 2.24) is 14.3 Å². The second-order valence-corrected chi connectivity index (χ2v) is 7.35. The largest absolute Gasteiger partial charge is 0.435 e. The van der Waals surface area contributed by atoms with Gasteiger partial charge in [0.1, 0.15) is 6.54 Å². The van der Waals surface area contributed by atoms with Crippen molar-refractivity contribution in [2.24, 2.45) is 0 Å². The minimum atomic E-state index is -4.52. The first kappa shape index (κ1) is 19.6. The van der Waals surface area contributed by atoms with Crippen molar-refractivity contribution in [3.05, 3.63) is 64.7 Å². The zero-order valence-electron chi connectivity index (χ0n) is 15.3. The van der Waals surface area contributed by atoms with Gasteiger partial charge >= 0.3 is 6.18 Å². The topological polar surface area (TPSA) is 51.9 Å². The lowest BCUT2D eigenvalue weighted by atomic mass is 9.95. The fraction of sp³-hybridized carbons (Fsp3) is 0.300. The Labute approximate surface area is 170 Å². The van der Waals surface area contributed by atoms with Crippen molar-refractivity contribution >= 4 is 23.2 Å². The predicted molar refractivity (Wildman–Crippen MR) is 103 cm³/mol. The van der Waals surface area contributed by atoms with Gasteiger partial charge in [-0.2, -0.15) is 18.3 Å². The van der Waals surface area contributed by atoms with Crippen molar-refractivity contribution in [1.29, 1.82) is 0 Å². The molecule has 1 amide bonds. The fourth-order valence-electron chi connectivity index (χ4n) is 3.66. The molecule has 2 heterocycles. The van der Waals surface area contributed by atoms with Gasteiger partial charge in [-0.25, -0.2) is 0 Å². The highest BCUT2D eigenvalue weighted by Crippen LogP contribution is 2.35. The Bertz CT molecular complexity index is 1040. The highest BCUT2D eigenvalue weighted by atomic mass is 35.5. The minimum Gasteiger partial charge on any atom is -0.324 e. The molecule has 9 heteroatoms. The quantitative estimate of drug-likeness (QED) is 0.652. The zero-order chi connectivity index (χ0) is 20.6. The van der Waals surface area contributed by atoms with Gasteiger partial charge in [0.05, 0.1) is 10.7 Å². The molecule has 152 valence electrons. The third-order valence-corrected chi connectivity index (χ3v) is 5.24. The van der Waals surface area contributed by atoms with Crippen LogP contribution in [0, 0.1) is 0 Å². The molecule has 0 atom stereocenters. The van der Waals surface area contributed by atoms with Gasteiger partial charge < -0.3 is 9.88 Å². The number of nitrogens with zero attached hydrogens (tertiary/aromatic N) is 3. The van der Waals surface area contributed by atoms with Crippen LogP contribution in [0.4, 0.5) is 18.9 Å². The van der Waals surface area contributed by atoms with Gasteiger partial charge in [-0.1, -0.05) is 11.6 Å². The molecule has 0 fully saturated rings. The standard InChI is InChI=1S/C20H18ClF3N4O/c21-15-11-13(7-8-17(15)27-9-3-4-10-27)25-18(29)12-28-16-6-2-1-5-14(16)19(26-28)20(22,23)24/h3-4,7-11H,1-2,5-6,12H2,(H,25,29). The Balaban J connectivity index is 1.52. The van der Waals surface area contributed by atoms with Crippen molar-refractivity contribution in [3.8, 4) is 5.69 Å². The Morgan fingerprint density at radius 3 is 2.59 bits per heavy atom. The monoisotopic (exact) mass is 422 g/mol. The number of amides is 1. The van der Waals surface area contributed by atoms with Gasteiger partial charge in [-0.05, 0) is 56.0 Å². The molecule has 0 bridgehead atoms. The average Bonchev–Trinajstić information content (AvgIpc) is 3.30. The zero-order valence-corrected chi connectivity index (χ0v) is 16.1. The van der Waals surface area contributed by atoms with E-state index in [0.717, 1.165) is 12.1 Å². The first-order chi connectivity index (χ1) is 13.8. The SMILES string of the molecule is O=C(Cn1nc(C(F)(F)F)c2c1CCCC2)Nc1ccc(-n2cccc2)c(Cl)c1. The van der Waals surface area contributed by atoms with Crippen molar-refractivity contribution in [3.63, 3.8) is 0 Å². The average molecular weight is 423 g/mol. The molecule has 0 spiro atoms. The summed E-state index contributed by atoms with van der Waals surface area (Å²) in [6.07, 6.45) is 1.47. The minimum absolute atomic E-state index is 0.218. The van der Waals surface area contributed by atoms with Crippen LogP contribution in [0.3, 0.4) is 0 Å². The predicted octanol–water partition coefficient (Wildman–Crippen LogP) is 4.86. The molecule has 1 aromatic carbocycles. The molecule has 0 saturated heterocycles. The van der Waals surface area contributed by atoms with Gasteiger partial charge in [-0.15, -0.1) is 0 Å². The first-order valence-corrected chi connectivity index (χ1v) is 9.59. The van der Waals surface area contributed by atoms with E-state index in [2.05, 4.69) is 10.4 Å². The van der Waals surface area contributed by atoms with Crippen molar-refractivity contribution in [2.45, 2.75) is 38.4 Å². The van der Waals surface area contributed by atoms with Gasteiger partial charge in [0.2, 0.25) is 5.91 Å². The van der Waals surface area contributed by atoms with Gasteiger partial charge in [0.15, 0.2) is 5.69 Å². The second-order valence-electron chi connectivity index (χ2n) is 6.94. The summed E-state index contributed by atoms with van der Waals surface area (Å²) in [5, 5.41) is 6.84. The molecule has 0 aliphatic heterocycles. The molecule has 0 unspecified atom stereocenters. The maximum absolute atomic E-state index is 13.3. The van der Waals surface area contributed by atoms with Crippen LogP contribution in [0.5, 0.6) is 0 Å². The summed E-state index contributed by atoms with van der Waals surface area (Å²) in [4.78, 5) is 12.5. The summed E-state index contributed by atoms with van der Waals surface area (Å²) in [5.41, 5.74) is 1.06. The molecule has 1 aliphatic rings. The molecule has 2 aromatic heterocycles. The number of rotatable bonds is 4. The fourth-order valence-corrected chi connectivity index (χ4v) is 3.93. The van der Waals surface area contributed by atoms with E-state index in [1.54, 1.807) is 18.2 Å². The lowest BCUT2D eigenvalue weighted by Gasteiger charge is -2.15. The number of carbonyl (C=O) groups excluding carboxylic acids is 1. The number of fused-ring (bicyclic) bond motifs is 1. The number of alkyl halides is 3. The molecule has 1 aliphatic carbocycles. The molecule has 4 rings (SSSR count). The van der Waals surface area contributed by atoms with Gasteiger partial charge in [0, 0.05) is 29.3 Å². The summed E-state index contributed by atoms with van der Waals surface area (Å²) in [6.45, 7) is -0.282. The highest BCUT2D eigenvalue weighted by molar-refractivity contribution is 6.32.